The zero-order valence-corrected chi connectivity index (χ0v) is 10.5. The van der Waals surface area contributed by atoms with Crippen LogP contribution < -0.4 is 10.6 Å². The fraction of sp³-hybridized carbons (Fsp3) is 0.583. The van der Waals surface area contributed by atoms with Gasteiger partial charge < -0.3 is 10.6 Å². The second-order valence-electron chi connectivity index (χ2n) is 4.51. The second-order valence-corrected chi connectivity index (χ2v) is 4.51. The molecule has 1 aromatic heterocycles. The Morgan fingerprint density at radius 1 is 1.44 bits per heavy atom. The Balaban J connectivity index is 2.05. The van der Waals surface area contributed by atoms with Crippen molar-refractivity contribution in [2.24, 2.45) is 5.92 Å². The molecule has 0 saturated heterocycles. The third-order valence-corrected chi connectivity index (χ3v) is 2.97. The first-order valence-corrected chi connectivity index (χ1v) is 6.34. The average molecular weight is 250 g/mol. The Labute approximate surface area is 106 Å². The maximum Gasteiger partial charge on any atom is 0.311 e. The Bertz CT molecular complexity index is 432. The van der Waals surface area contributed by atoms with Crippen LogP contribution in [0.25, 0.3) is 0 Å². The van der Waals surface area contributed by atoms with E-state index in [9.17, 15) is 10.1 Å². The molecule has 2 rings (SSSR count). The van der Waals surface area contributed by atoms with Gasteiger partial charge in [0.2, 0.25) is 5.82 Å². The van der Waals surface area contributed by atoms with Crippen LogP contribution in [0.3, 0.4) is 0 Å². The van der Waals surface area contributed by atoms with Crippen molar-refractivity contribution < 1.29 is 4.92 Å². The van der Waals surface area contributed by atoms with Crippen LogP contribution in [0, 0.1) is 16.0 Å². The Morgan fingerprint density at radius 3 is 2.83 bits per heavy atom. The SMILES string of the molecule is CCNc1ccc([N+](=O)[O-])c(NCCC2CC2)n1. The Kier molecular flexibility index (Phi) is 3.96. The number of hydrogen-bond donors (Lipinski definition) is 2. The van der Waals surface area contributed by atoms with E-state index >= 15 is 0 Å². The highest BCUT2D eigenvalue weighted by Gasteiger charge is 2.21. The summed E-state index contributed by atoms with van der Waals surface area (Å²) in [6, 6.07) is 3.12. The van der Waals surface area contributed by atoms with E-state index in [4.69, 9.17) is 0 Å². The fourth-order valence-electron chi connectivity index (χ4n) is 1.81. The third kappa shape index (κ3) is 3.32. The molecule has 0 bridgehead atoms. The molecule has 1 aromatic rings. The molecular formula is C12H18N4O2. The van der Waals surface area contributed by atoms with Gasteiger partial charge in [0.1, 0.15) is 5.82 Å². The van der Waals surface area contributed by atoms with Gasteiger partial charge in [-0.25, -0.2) is 4.98 Å². The lowest BCUT2D eigenvalue weighted by Gasteiger charge is -2.08. The predicted molar refractivity (Wildman–Crippen MR) is 70.9 cm³/mol. The number of rotatable bonds is 7. The van der Waals surface area contributed by atoms with Crippen LogP contribution in [-0.2, 0) is 0 Å². The molecule has 0 aromatic carbocycles. The van der Waals surface area contributed by atoms with Gasteiger partial charge in [-0.1, -0.05) is 12.8 Å². The molecule has 98 valence electrons. The summed E-state index contributed by atoms with van der Waals surface area (Å²) < 4.78 is 0. The van der Waals surface area contributed by atoms with Crippen molar-refractivity contribution in [1.29, 1.82) is 0 Å². The summed E-state index contributed by atoms with van der Waals surface area (Å²) >= 11 is 0. The molecule has 1 fully saturated rings. The van der Waals surface area contributed by atoms with Gasteiger partial charge in [-0.15, -0.1) is 0 Å². The number of aromatic nitrogens is 1. The normalized spacial score (nSPS) is 14.3. The number of nitrogens with one attached hydrogen (secondary N) is 2. The van der Waals surface area contributed by atoms with E-state index in [1.165, 1.54) is 18.9 Å². The summed E-state index contributed by atoms with van der Waals surface area (Å²) in [6.45, 7) is 3.45. The molecule has 0 unspecified atom stereocenters. The lowest BCUT2D eigenvalue weighted by atomic mass is 10.3. The molecule has 0 amide bonds. The molecular weight excluding hydrogens is 232 g/mol. The van der Waals surface area contributed by atoms with Crippen molar-refractivity contribution in [3.05, 3.63) is 22.2 Å². The number of hydrogen-bond acceptors (Lipinski definition) is 5. The smallest absolute Gasteiger partial charge is 0.311 e. The van der Waals surface area contributed by atoms with Gasteiger partial charge in [-0.3, -0.25) is 10.1 Å². The van der Waals surface area contributed by atoms with Crippen molar-refractivity contribution in [2.75, 3.05) is 23.7 Å². The van der Waals surface area contributed by atoms with Gasteiger partial charge >= 0.3 is 5.69 Å². The number of nitrogens with zero attached hydrogens (tertiary/aromatic N) is 2. The third-order valence-electron chi connectivity index (χ3n) is 2.97. The van der Waals surface area contributed by atoms with Crippen molar-refractivity contribution in [2.45, 2.75) is 26.2 Å². The van der Waals surface area contributed by atoms with Crippen molar-refractivity contribution in [3.8, 4) is 0 Å². The minimum atomic E-state index is -0.401. The van der Waals surface area contributed by atoms with Crippen LogP contribution in [0.2, 0.25) is 0 Å². The maximum absolute atomic E-state index is 10.9. The highest BCUT2D eigenvalue weighted by atomic mass is 16.6. The largest absolute Gasteiger partial charge is 0.370 e. The quantitative estimate of drug-likeness (QED) is 0.574. The number of anilines is 2. The van der Waals surface area contributed by atoms with E-state index in [1.807, 2.05) is 6.92 Å². The van der Waals surface area contributed by atoms with E-state index in [2.05, 4.69) is 15.6 Å². The molecule has 0 aliphatic heterocycles. The zero-order chi connectivity index (χ0) is 13.0. The predicted octanol–water partition coefficient (Wildman–Crippen LogP) is 2.63. The highest BCUT2D eigenvalue weighted by Crippen LogP contribution is 2.32. The summed E-state index contributed by atoms with van der Waals surface area (Å²) in [7, 11) is 0. The van der Waals surface area contributed by atoms with Gasteiger partial charge in [0, 0.05) is 19.2 Å². The summed E-state index contributed by atoms with van der Waals surface area (Å²) in [5, 5.41) is 17.0. The molecule has 0 spiro atoms. The molecule has 6 heteroatoms. The minimum absolute atomic E-state index is 0.0347. The average Bonchev–Trinajstić information content (AvgIpc) is 3.13. The molecule has 0 atom stereocenters. The summed E-state index contributed by atoms with van der Waals surface area (Å²) in [6.07, 6.45) is 3.63. The number of nitro groups is 1. The van der Waals surface area contributed by atoms with Crippen LogP contribution in [0.1, 0.15) is 26.2 Å². The van der Waals surface area contributed by atoms with E-state index in [0.29, 0.717) is 11.6 Å². The molecule has 0 radical (unpaired) electrons. The zero-order valence-electron chi connectivity index (χ0n) is 10.5. The Morgan fingerprint density at radius 2 is 2.22 bits per heavy atom. The van der Waals surface area contributed by atoms with E-state index < -0.39 is 4.92 Å². The maximum atomic E-state index is 10.9. The molecule has 1 heterocycles. The molecule has 1 saturated carbocycles. The van der Waals surface area contributed by atoms with Gasteiger partial charge in [0.15, 0.2) is 0 Å². The molecule has 18 heavy (non-hydrogen) atoms. The first kappa shape index (κ1) is 12.6. The highest BCUT2D eigenvalue weighted by molar-refractivity contribution is 5.60. The van der Waals surface area contributed by atoms with Crippen molar-refractivity contribution in [3.63, 3.8) is 0 Å². The van der Waals surface area contributed by atoms with Gasteiger partial charge in [0.25, 0.3) is 0 Å². The van der Waals surface area contributed by atoms with Crippen LogP contribution >= 0.6 is 0 Å². The molecule has 1 aliphatic rings. The standard InChI is InChI=1S/C12H18N4O2/c1-2-13-11-6-5-10(16(17)18)12(15-11)14-8-7-9-3-4-9/h5-6,9H,2-4,7-8H2,1H3,(H2,13,14,15). The lowest BCUT2D eigenvalue weighted by molar-refractivity contribution is -0.384. The molecule has 2 N–H and O–H groups in total. The van der Waals surface area contributed by atoms with Crippen LogP contribution in [0.4, 0.5) is 17.3 Å². The van der Waals surface area contributed by atoms with Gasteiger partial charge in [-0.05, 0) is 25.3 Å². The minimum Gasteiger partial charge on any atom is -0.370 e. The first-order valence-electron chi connectivity index (χ1n) is 6.34. The van der Waals surface area contributed by atoms with Crippen molar-refractivity contribution >= 4 is 17.3 Å². The second kappa shape index (κ2) is 5.66. The van der Waals surface area contributed by atoms with Gasteiger partial charge in [0.05, 0.1) is 4.92 Å². The monoisotopic (exact) mass is 250 g/mol. The van der Waals surface area contributed by atoms with Crippen LogP contribution in [0.5, 0.6) is 0 Å². The van der Waals surface area contributed by atoms with Crippen LogP contribution in [-0.4, -0.2) is 23.0 Å². The van der Waals surface area contributed by atoms with E-state index in [-0.39, 0.29) is 5.69 Å². The van der Waals surface area contributed by atoms with E-state index in [0.717, 1.165) is 25.4 Å². The van der Waals surface area contributed by atoms with Gasteiger partial charge in [-0.2, -0.15) is 0 Å². The molecule has 6 nitrogen and oxygen atoms in total. The first-order chi connectivity index (χ1) is 8.70. The fourth-order valence-corrected chi connectivity index (χ4v) is 1.81. The van der Waals surface area contributed by atoms with Crippen molar-refractivity contribution in [1.82, 2.24) is 4.98 Å². The van der Waals surface area contributed by atoms with Crippen LogP contribution in [0.15, 0.2) is 12.1 Å². The topological polar surface area (TPSA) is 80.1 Å². The number of pyridine rings is 1. The van der Waals surface area contributed by atoms with E-state index in [1.54, 1.807) is 6.07 Å². The Hall–Kier alpha value is -1.85. The molecule has 1 aliphatic carbocycles. The summed E-state index contributed by atoms with van der Waals surface area (Å²) in [5.74, 6) is 1.82. The summed E-state index contributed by atoms with van der Waals surface area (Å²) in [4.78, 5) is 14.7. The lowest BCUT2D eigenvalue weighted by Crippen LogP contribution is -2.09. The summed E-state index contributed by atoms with van der Waals surface area (Å²) in [5.41, 5.74) is 0.0347.